The van der Waals surface area contributed by atoms with Crippen LogP contribution in [0, 0.1) is 0 Å². The molecular weight excluding hydrogens is 148 g/mol. The number of hydrogen-bond donors (Lipinski definition) is 0. The molecule has 0 N–H and O–H groups in total. The van der Waals surface area contributed by atoms with Crippen molar-refractivity contribution in [3.05, 3.63) is 60.7 Å². The van der Waals surface area contributed by atoms with E-state index >= 15 is 0 Å². The van der Waals surface area contributed by atoms with E-state index in [0.717, 1.165) is 0 Å². The molecule has 60 valence electrons. The zero-order chi connectivity index (χ0) is 8.97. The van der Waals surface area contributed by atoms with E-state index in [-0.39, 0.29) is 5.78 Å². The lowest BCUT2D eigenvalue weighted by Gasteiger charge is -1.97. The van der Waals surface area contributed by atoms with Crippen LogP contribution in [-0.2, 0) is 0 Å². The zero-order valence-corrected chi connectivity index (χ0v) is 6.79. The minimum atomic E-state index is -0.0643. The summed E-state index contributed by atoms with van der Waals surface area (Å²) in [4.78, 5) is 11.4. The van der Waals surface area contributed by atoms with Crippen LogP contribution in [0.4, 0.5) is 0 Å². The van der Waals surface area contributed by atoms with Crippen LogP contribution in [0.15, 0.2) is 55.1 Å². The Bertz CT molecular complexity index is 309. The molecule has 0 unspecified atom stereocenters. The van der Waals surface area contributed by atoms with E-state index in [1.54, 1.807) is 12.1 Å². The second kappa shape index (κ2) is 3.67. The summed E-state index contributed by atoms with van der Waals surface area (Å²) in [5.41, 5.74) is 1.09. The number of hydrogen-bond acceptors (Lipinski definition) is 1. The number of carbonyl (C=O) groups is 1. The fourth-order valence-electron chi connectivity index (χ4n) is 0.868. The molecule has 1 nitrogen and oxygen atoms in total. The van der Waals surface area contributed by atoms with E-state index in [9.17, 15) is 4.79 Å². The molecule has 0 radical (unpaired) electrons. The Hall–Kier alpha value is -1.63. The van der Waals surface area contributed by atoms with Gasteiger partial charge in [0.2, 0.25) is 0 Å². The molecule has 0 aliphatic carbocycles. The smallest absolute Gasteiger partial charge is 0.192 e. The molecule has 1 aromatic rings. The quantitative estimate of drug-likeness (QED) is 0.375. The molecule has 0 spiro atoms. The van der Waals surface area contributed by atoms with Crippen molar-refractivity contribution in [1.82, 2.24) is 0 Å². The summed E-state index contributed by atoms with van der Waals surface area (Å²) >= 11 is 0. The first-order valence-corrected chi connectivity index (χ1v) is 3.67. The Labute approximate surface area is 72.0 Å². The molecule has 0 saturated heterocycles. The summed E-state index contributed by atoms with van der Waals surface area (Å²) < 4.78 is 0. The van der Waals surface area contributed by atoms with Gasteiger partial charge in [0.1, 0.15) is 0 Å². The minimum absolute atomic E-state index is 0.0643. The number of carbonyl (C=O) groups excluding carboxylic acids is 1. The number of allylic oxidation sites excluding steroid dienone is 2. The number of Topliss-reactive ketones (excluding diaryl/α,β-unsaturated/α-hetero) is 1. The van der Waals surface area contributed by atoms with E-state index in [1.165, 1.54) is 6.08 Å². The minimum Gasteiger partial charge on any atom is -0.289 e. The molecule has 0 bridgehead atoms. The van der Waals surface area contributed by atoms with Gasteiger partial charge in [-0.2, -0.15) is 0 Å². The van der Waals surface area contributed by atoms with Gasteiger partial charge in [0.15, 0.2) is 5.78 Å². The summed E-state index contributed by atoms with van der Waals surface area (Å²) in [5.74, 6) is -0.0643. The van der Waals surface area contributed by atoms with Gasteiger partial charge < -0.3 is 0 Å². The van der Waals surface area contributed by atoms with Crippen LogP contribution < -0.4 is 0 Å². The number of ketones is 1. The van der Waals surface area contributed by atoms with Crippen molar-refractivity contribution >= 4 is 5.78 Å². The van der Waals surface area contributed by atoms with Crippen molar-refractivity contribution in [2.75, 3.05) is 0 Å². The molecule has 0 aliphatic rings. The van der Waals surface area contributed by atoms with E-state index < -0.39 is 0 Å². The Morgan fingerprint density at radius 1 is 1.25 bits per heavy atom. The maximum absolute atomic E-state index is 11.4. The van der Waals surface area contributed by atoms with Gasteiger partial charge >= 0.3 is 0 Å². The van der Waals surface area contributed by atoms with Crippen LogP contribution >= 0.6 is 0 Å². The first kappa shape index (κ1) is 8.47. The van der Waals surface area contributed by atoms with Gasteiger partial charge in [0, 0.05) is 11.1 Å². The van der Waals surface area contributed by atoms with Crippen molar-refractivity contribution in [3.63, 3.8) is 0 Å². The maximum Gasteiger partial charge on any atom is 0.192 e. The third-order valence-corrected chi connectivity index (χ3v) is 1.57. The fourth-order valence-corrected chi connectivity index (χ4v) is 0.868. The Balaban J connectivity index is 2.93. The van der Waals surface area contributed by atoms with Crippen molar-refractivity contribution in [1.29, 1.82) is 0 Å². The Morgan fingerprint density at radius 3 is 2.33 bits per heavy atom. The van der Waals surface area contributed by atoms with Gasteiger partial charge in [-0.05, 0) is 0 Å². The van der Waals surface area contributed by atoms with Crippen molar-refractivity contribution in [2.45, 2.75) is 0 Å². The highest BCUT2D eigenvalue weighted by molar-refractivity contribution is 6.09. The van der Waals surface area contributed by atoms with E-state index in [1.807, 2.05) is 18.2 Å². The topological polar surface area (TPSA) is 17.1 Å². The van der Waals surface area contributed by atoms with Crippen molar-refractivity contribution in [2.24, 2.45) is 0 Å². The van der Waals surface area contributed by atoms with Gasteiger partial charge in [-0.1, -0.05) is 49.6 Å². The fraction of sp³-hybridized carbons (Fsp3) is 0. The standard InChI is InChI=1S/C11H10O/c1-3-9(2)11(12)10-7-5-4-6-8-10/h3-8H,1-2H2. The summed E-state index contributed by atoms with van der Waals surface area (Å²) in [6.45, 7) is 7.07. The monoisotopic (exact) mass is 158 g/mol. The molecule has 0 fully saturated rings. The molecule has 0 heterocycles. The predicted octanol–water partition coefficient (Wildman–Crippen LogP) is 2.61. The highest BCUT2D eigenvalue weighted by atomic mass is 16.1. The van der Waals surface area contributed by atoms with Crippen LogP contribution in [0.2, 0.25) is 0 Å². The van der Waals surface area contributed by atoms with Gasteiger partial charge in [0.25, 0.3) is 0 Å². The molecule has 12 heavy (non-hydrogen) atoms. The van der Waals surface area contributed by atoms with Gasteiger partial charge in [-0.15, -0.1) is 0 Å². The first-order chi connectivity index (χ1) is 5.75. The summed E-state index contributed by atoms with van der Waals surface area (Å²) in [6, 6.07) is 9.04. The van der Waals surface area contributed by atoms with Crippen LogP contribution in [0.1, 0.15) is 10.4 Å². The zero-order valence-electron chi connectivity index (χ0n) is 6.79. The number of rotatable bonds is 3. The SMILES string of the molecule is C=CC(=C)C(=O)c1ccccc1. The van der Waals surface area contributed by atoms with Crippen molar-refractivity contribution in [3.8, 4) is 0 Å². The Kier molecular flexibility index (Phi) is 2.59. The molecule has 1 heteroatoms. The molecule has 0 aliphatic heterocycles. The lowest BCUT2D eigenvalue weighted by atomic mass is 10.1. The van der Waals surface area contributed by atoms with Gasteiger partial charge in [-0.3, -0.25) is 4.79 Å². The van der Waals surface area contributed by atoms with E-state index in [2.05, 4.69) is 13.2 Å². The largest absolute Gasteiger partial charge is 0.289 e. The summed E-state index contributed by atoms with van der Waals surface area (Å²) in [5, 5.41) is 0. The maximum atomic E-state index is 11.4. The first-order valence-electron chi connectivity index (χ1n) is 3.67. The highest BCUT2D eigenvalue weighted by Gasteiger charge is 2.04. The molecular formula is C11H10O. The predicted molar refractivity (Wildman–Crippen MR) is 50.1 cm³/mol. The van der Waals surface area contributed by atoms with Crippen LogP contribution in [0.3, 0.4) is 0 Å². The molecule has 1 aromatic carbocycles. The second-order valence-electron chi connectivity index (χ2n) is 2.42. The third-order valence-electron chi connectivity index (χ3n) is 1.57. The molecule has 1 rings (SSSR count). The average molecular weight is 158 g/mol. The molecule has 0 amide bonds. The van der Waals surface area contributed by atoms with Crippen LogP contribution in [0.25, 0.3) is 0 Å². The van der Waals surface area contributed by atoms with E-state index in [0.29, 0.717) is 11.1 Å². The number of benzene rings is 1. The molecule has 0 saturated carbocycles. The lowest BCUT2D eigenvalue weighted by Crippen LogP contribution is -1.98. The van der Waals surface area contributed by atoms with Gasteiger partial charge in [-0.25, -0.2) is 0 Å². The van der Waals surface area contributed by atoms with Crippen LogP contribution in [0.5, 0.6) is 0 Å². The summed E-state index contributed by atoms with van der Waals surface area (Å²) in [6.07, 6.45) is 1.47. The highest BCUT2D eigenvalue weighted by Crippen LogP contribution is 2.06. The molecule has 0 atom stereocenters. The molecule has 0 aromatic heterocycles. The van der Waals surface area contributed by atoms with Crippen molar-refractivity contribution < 1.29 is 4.79 Å². The second-order valence-corrected chi connectivity index (χ2v) is 2.42. The average Bonchev–Trinajstić information content (AvgIpc) is 2.17. The normalized spacial score (nSPS) is 9.00. The third kappa shape index (κ3) is 1.70. The Morgan fingerprint density at radius 2 is 1.83 bits per heavy atom. The summed E-state index contributed by atoms with van der Waals surface area (Å²) in [7, 11) is 0. The van der Waals surface area contributed by atoms with E-state index in [4.69, 9.17) is 0 Å². The van der Waals surface area contributed by atoms with Gasteiger partial charge in [0.05, 0.1) is 0 Å². The lowest BCUT2D eigenvalue weighted by molar-refractivity contribution is 0.103. The van der Waals surface area contributed by atoms with Crippen LogP contribution in [-0.4, -0.2) is 5.78 Å².